The maximum absolute atomic E-state index is 13.2. The molecule has 1 heterocycles. The lowest BCUT2D eigenvalue weighted by Gasteiger charge is -2.08. The quantitative estimate of drug-likeness (QED) is 0.502. The Hall–Kier alpha value is -3.26. The van der Waals surface area contributed by atoms with Crippen molar-refractivity contribution in [3.8, 4) is 0 Å². The molecule has 0 saturated carbocycles. The lowest BCUT2D eigenvalue weighted by molar-refractivity contribution is -0.384. The molecule has 0 aliphatic carbocycles. The fourth-order valence-electron chi connectivity index (χ4n) is 2.79. The minimum atomic E-state index is -0.558. The summed E-state index contributed by atoms with van der Waals surface area (Å²) in [5.41, 5.74) is 2.45. The summed E-state index contributed by atoms with van der Waals surface area (Å²) in [5.74, 6) is -0.902. The highest BCUT2D eigenvalue weighted by Crippen LogP contribution is 2.24. The molecule has 3 rings (SSSR count). The van der Waals surface area contributed by atoms with Crippen LogP contribution in [0.25, 0.3) is 0 Å². The van der Waals surface area contributed by atoms with Gasteiger partial charge in [0.2, 0.25) is 0 Å². The number of nitrogens with zero attached hydrogens (tertiary/aromatic N) is 3. The average Bonchev–Trinajstić information content (AvgIpc) is 2.91. The van der Waals surface area contributed by atoms with Gasteiger partial charge in [0.25, 0.3) is 11.6 Å². The molecule has 1 amide bonds. The Bertz CT molecular complexity index is 1080. The van der Waals surface area contributed by atoms with E-state index in [9.17, 15) is 19.3 Å². The van der Waals surface area contributed by atoms with Gasteiger partial charge in [-0.15, -0.1) is 0 Å². The molecule has 2 aromatic carbocycles. The topological polar surface area (TPSA) is 90.1 Å². The smallest absolute Gasteiger partial charge is 0.270 e. The molecule has 7 nitrogen and oxygen atoms in total. The maximum atomic E-state index is 13.2. The summed E-state index contributed by atoms with van der Waals surface area (Å²) in [6, 6.07) is 9.60. The second-order valence-corrected chi connectivity index (χ2v) is 6.61. The molecule has 0 unspecified atom stereocenters. The van der Waals surface area contributed by atoms with Crippen LogP contribution in [0.4, 0.5) is 15.8 Å². The van der Waals surface area contributed by atoms with Gasteiger partial charge in [0, 0.05) is 22.7 Å². The van der Waals surface area contributed by atoms with Crippen LogP contribution in [0.5, 0.6) is 0 Å². The molecule has 28 heavy (non-hydrogen) atoms. The molecule has 1 aromatic heterocycles. The van der Waals surface area contributed by atoms with Gasteiger partial charge < -0.3 is 5.32 Å². The number of carbonyl (C=O) groups is 1. The van der Waals surface area contributed by atoms with Crippen molar-refractivity contribution in [1.82, 2.24) is 9.78 Å². The highest BCUT2D eigenvalue weighted by molar-refractivity contribution is 6.31. The van der Waals surface area contributed by atoms with Crippen molar-refractivity contribution < 1.29 is 14.1 Å². The number of rotatable bonds is 5. The summed E-state index contributed by atoms with van der Waals surface area (Å²) in [6.45, 7) is 3.82. The molecule has 9 heteroatoms. The third-order valence-electron chi connectivity index (χ3n) is 4.27. The van der Waals surface area contributed by atoms with Crippen LogP contribution in [0.1, 0.15) is 27.3 Å². The van der Waals surface area contributed by atoms with Gasteiger partial charge in [-0.1, -0.05) is 23.7 Å². The molecule has 0 saturated heterocycles. The molecule has 0 spiro atoms. The van der Waals surface area contributed by atoms with E-state index in [4.69, 9.17) is 11.6 Å². The zero-order valence-corrected chi connectivity index (χ0v) is 15.8. The lowest BCUT2D eigenvalue weighted by atomic mass is 10.2. The standard InChI is InChI=1S/C19H16ClFN4O3/c1-11-18(22-19(26)13-4-3-5-16(8-13)25(27)28)12(2)24(23-11)10-14-6-7-15(21)9-17(14)20/h3-9H,10H2,1-2H3,(H,22,26). The number of aryl methyl sites for hydroxylation is 1. The monoisotopic (exact) mass is 402 g/mol. The molecule has 3 aromatic rings. The van der Waals surface area contributed by atoms with Gasteiger partial charge in [-0.3, -0.25) is 19.6 Å². The Kier molecular flexibility index (Phi) is 5.41. The van der Waals surface area contributed by atoms with Gasteiger partial charge in [0.15, 0.2) is 0 Å². The van der Waals surface area contributed by atoms with Crippen LogP contribution in [0.3, 0.4) is 0 Å². The molecule has 1 N–H and O–H groups in total. The Morgan fingerprint density at radius 3 is 2.71 bits per heavy atom. The number of hydrogen-bond acceptors (Lipinski definition) is 4. The zero-order chi connectivity index (χ0) is 20.4. The number of amides is 1. The van der Waals surface area contributed by atoms with Crippen LogP contribution in [0.2, 0.25) is 5.02 Å². The predicted octanol–water partition coefficient (Wildman–Crippen LogP) is 4.50. The first kappa shape index (κ1) is 19.5. The number of nitro benzene ring substituents is 1. The second-order valence-electron chi connectivity index (χ2n) is 6.20. The number of aromatic nitrogens is 2. The number of carbonyl (C=O) groups excluding carboxylic acids is 1. The van der Waals surface area contributed by atoms with E-state index < -0.39 is 16.6 Å². The van der Waals surface area contributed by atoms with Crippen molar-refractivity contribution in [2.24, 2.45) is 0 Å². The SMILES string of the molecule is Cc1nn(Cc2ccc(F)cc2Cl)c(C)c1NC(=O)c1cccc([N+](=O)[O-])c1. The molecule has 0 fully saturated rings. The van der Waals surface area contributed by atoms with Crippen molar-refractivity contribution in [3.05, 3.63) is 85.9 Å². The fraction of sp³-hybridized carbons (Fsp3) is 0.158. The van der Waals surface area contributed by atoms with E-state index in [2.05, 4.69) is 10.4 Å². The number of hydrogen-bond donors (Lipinski definition) is 1. The minimum absolute atomic E-state index is 0.164. The van der Waals surface area contributed by atoms with E-state index in [0.29, 0.717) is 29.2 Å². The van der Waals surface area contributed by atoms with Crippen molar-refractivity contribution in [3.63, 3.8) is 0 Å². The zero-order valence-electron chi connectivity index (χ0n) is 15.1. The van der Waals surface area contributed by atoms with Crippen LogP contribution in [0, 0.1) is 29.8 Å². The summed E-state index contributed by atoms with van der Waals surface area (Å²) in [4.78, 5) is 22.9. The minimum Gasteiger partial charge on any atom is -0.319 e. The summed E-state index contributed by atoms with van der Waals surface area (Å²) in [6.07, 6.45) is 0. The molecule has 0 aliphatic heterocycles. The Labute approximate surface area is 164 Å². The third kappa shape index (κ3) is 4.01. The van der Waals surface area contributed by atoms with E-state index in [1.54, 1.807) is 24.6 Å². The molecule has 0 radical (unpaired) electrons. The van der Waals surface area contributed by atoms with Crippen LogP contribution >= 0.6 is 11.6 Å². The van der Waals surface area contributed by atoms with Crippen LogP contribution in [-0.4, -0.2) is 20.6 Å². The average molecular weight is 403 g/mol. The number of anilines is 1. The maximum Gasteiger partial charge on any atom is 0.270 e. The molecular weight excluding hydrogens is 387 g/mol. The summed E-state index contributed by atoms with van der Waals surface area (Å²) >= 11 is 6.08. The summed E-state index contributed by atoms with van der Waals surface area (Å²) in [5, 5.41) is 18.3. The fourth-order valence-corrected chi connectivity index (χ4v) is 3.02. The summed E-state index contributed by atoms with van der Waals surface area (Å²) < 4.78 is 14.9. The van der Waals surface area contributed by atoms with E-state index in [0.717, 1.165) is 0 Å². The first-order valence-electron chi connectivity index (χ1n) is 8.30. The highest BCUT2D eigenvalue weighted by atomic mass is 35.5. The van der Waals surface area contributed by atoms with Crippen molar-refractivity contribution in [1.29, 1.82) is 0 Å². The van der Waals surface area contributed by atoms with Crippen molar-refractivity contribution in [2.75, 3.05) is 5.32 Å². The Morgan fingerprint density at radius 1 is 1.29 bits per heavy atom. The van der Waals surface area contributed by atoms with E-state index in [1.165, 1.54) is 36.4 Å². The second kappa shape index (κ2) is 7.77. The van der Waals surface area contributed by atoms with Crippen molar-refractivity contribution in [2.45, 2.75) is 20.4 Å². The molecule has 144 valence electrons. The Balaban J connectivity index is 1.84. The predicted molar refractivity (Wildman–Crippen MR) is 103 cm³/mol. The number of nitrogens with one attached hydrogen (secondary N) is 1. The summed E-state index contributed by atoms with van der Waals surface area (Å²) in [7, 11) is 0. The van der Waals surface area contributed by atoms with E-state index in [-0.39, 0.29) is 16.3 Å². The van der Waals surface area contributed by atoms with Crippen LogP contribution in [0.15, 0.2) is 42.5 Å². The third-order valence-corrected chi connectivity index (χ3v) is 4.63. The molecule has 0 atom stereocenters. The van der Waals surface area contributed by atoms with Gasteiger partial charge in [0.1, 0.15) is 5.82 Å². The van der Waals surface area contributed by atoms with E-state index >= 15 is 0 Å². The number of benzene rings is 2. The Morgan fingerprint density at radius 2 is 2.04 bits per heavy atom. The van der Waals surface area contributed by atoms with Crippen LogP contribution in [-0.2, 0) is 6.54 Å². The number of halogens is 2. The number of nitro groups is 1. The largest absolute Gasteiger partial charge is 0.319 e. The lowest BCUT2D eigenvalue weighted by Crippen LogP contribution is -2.13. The van der Waals surface area contributed by atoms with Gasteiger partial charge in [-0.25, -0.2) is 4.39 Å². The first-order chi connectivity index (χ1) is 13.3. The molecule has 0 aliphatic rings. The van der Waals surface area contributed by atoms with Crippen molar-refractivity contribution >= 4 is 28.9 Å². The van der Waals surface area contributed by atoms with Crippen LogP contribution < -0.4 is 5.32 Å². The van der Waals surface area contributed by atoms with E-state index in [1.807, 2.05) is 0 Å². The van der Waals surface area contributed by atoms with Gasteiger partial charge >= 0.3 is 0 Å². The first-order valence-corrected chi connectivity index (χ1v) is 8.68. The molecular formula is C19H16ClFN4O3. The normalized spacial score (nSPS) is 10.7. The molecule has 0 bridgehead atoms. The van der Waals surface area contributed by atoms with Gasteiger partial charge in [0.05, 0.1) is 28.5 Å². The van der Waals surface area contributed by atoms with Gasteiger partial charge in [-0.05, 0) is 37.6 Å². The van der Waals surface area contributed by atoms with Gasteiger partial charge in [-0.2, -0.15) is 5.10 Å². The number of non-ortho nitro benzene ring substituents is 1. The highest BCUT2D eigenvalue weighted by Gasteiger charge is 2.17.